The summed E-state index contributed by atoms with van der Waals surface area (Å²) in [5.41, 5.74) is -1.34. The average Bonchev–Trinajstić information content (AvgIpc) is 3.14. The molecule has 10 heteroatoms. The van der Waals surface area contributed by atoms with Crippen molar-refractivity contribution >= 4 is 28.3 Å². The molecule has 0 N–H and O–H groups in total. The number of nitrogens with zero attached hydrogens (tertiary/aromatic N) is 5. The summed E-state index contributed by atoms with van der Waals surface area (Å²) in [5.74, 6) is -0.889. The van der Waals surface area contributed by atoms with Gasteiger partial charge in [0, 0.05) is 31.6 Å². The Kier molecular flexibility index (Phi) is 4.26. The van der Waals surface area contributed by atoms with Crippen LogP contribution in [0.4, 0.5) is 19.0 Å². The third-order valence-electron chi connectivity index (χ3n) is 7.08. The molecule has 3 aliphatic heterocycles. The predicted octanol–water partition coefficient (Wildman–Crippen LogP) is 3.88. The van der Waals surface area contributed by atoms with Gasteiger partial charge in [-0.15, -0.1) is 0 Å². The smallest absolute Gasteiger partial charge is 0.319 e. The normalized spacial score (nSPS) is 35.3. The Labute approximate surface area is 191 Å². The second kappa shape index (κ2) is 7.45. The summed E-state index contributed by atoms with van der Waals surface area (Å²) >= 11 is 5.89. The van der Waals surface area contributed by atoms with Crippen LogP contribution in [-0.2, 0) is 0 Å². The van der Waals surface area contributed by atoms with E-state index in [1.807, 2.05) is 12.2 Å². The van der Waals surface area contributed by atoms with Crippen molar-refractivity contribution in [2.75, 3.05) is 31.1 Å². The molecule has 4 aliphatic rings. The molecule has 0 bridgehead atoms. The number of rotatable bonds is 4. The molecule has 1 aliphatic carbocycles. The zero-order valence-electron chi connectivity index (χ0n) is 19.1. The third kappa shape index (κ3) is 3.15. The van der Waals surface area contributed by atoms with Gasteiger partial charge in [0.15, 0.2) is 11.0 Å². The second-order valence-electron chi connectivity index (χ2n) is 9.00. The Hall–Kier alpha value is -2.13. The summed E-state index contributed by atoms with van der Waals surface area (Å²) in [6, 6.07) is -0.847. The molecule has 32 heavy (non-hydrogen) atoms. The summed E-state index contributed by atoms with van der Waals surface area (Å²) in [7, 11) is 0. The minimum atomic E-state index is -2.34. The Morgan fingerprint density at radius 1 is 1.31 bits per heavy atom. The van der Waals surface area contributed by atoms with Crippen molar-refractivity contribution in [3.8, 4) is 6.01 Å². The first kappa shape index (κ1) is 18.3. The average molecular weight is 468 g/mol. The van der Waals surface area contributed by atoms with Crippen LogP contribution in [0.5, 0.6) is 6.01 Å². The van der Waals surface area contributed by atoms with Crippen LogP contribution in [0.1, 0.15) is 28.4 Å². The number of allylic oxidation sites excluding steroid dienone is 1. The van der Waals surface area contributed by atoms with Gasteiger partial charge in [0.1, 0.15) is 30.2 Å². The van der Waals surface area contributed by atoms with Crippen molar-refractivity contribution in [2.45, 2.75) is 49.6 Å². The van der Waals surface area contributed by atoms with E-state index in [1.54, 1.807) is 9.80 Å². The molecular weight excluding hydrogens is 443 g/mol. The quantitative estimate of drug-likeness (QED) is 0.502. The van der Waals surface area contributed by atoms with Gasteiger partial charge in [-0.3, -0.25) is 4.90 Å². The first-order valence-corrected chi connectivity index (χ1v) is 11.3. The molecule has 0 radical (unpaired) electrons. The lowest BCUT2D eigenvalue weighted by Gasteiger charge is -2.31. The van der Waals surface area contributed by atoms with Crippen LogP contribution in [0, 0.1) is 11.7 Å². The molecule has 5 heterocycles. The van der Waals surface area contributed by atoms with Gasteiger partial charge >= 0.3 is 6.01 Å². The fourth-order valence-corrected chi connectivity index (χ4v) is 5.58. The van der Waals surface area contributed by atoms with Gasteiger partial charge in [-0.25, -0.2) is 18.2 Å². The lowest BCUT2D eigenvalue weighted by Crippen LogP contribution is -2.43. The van der Waals surface area contributed by atoms with E-state index in [0.29, 0.717) is 25.9 Å². The molecule has 2 aromatic rings. The first-order valence-electron chi connectivity index (χ1n) is 11.9. The lowest BCUT2D eigenvalue weighted by molar-refractivity contribution is 0.107. The Balaban J connectivity index is 1.44. The molecule has 0 aromatic carbocycles. The highest BCUT2D eigenvalue weighted by molar-refractivity contribution is 6.30. The highest BCUT2D eigenvalue weighted by atomic mass is 35.5. The fraction of sp³-hybridized carbons (Fsp3) is 0.591. The third-order valence-corrected chi connectivity index (χ3v) is 7.34. The molecule has 5 atom stereocenters. The van der Waals surface area contributed by atoms with E-state index in [2.05, 4.69) is 15.0 Å². The highest BCUT2D eigenvalue weighted by Gasteiger charge is 2.55. The molecule has 6 nitrogen and oxygen atoms in total. The van der Waals surface area contributed by atoms with E-state index in [0.717, 1.165) is 6.42 Å². The van der Waals surface area contributed by atoms with Crippen LogP contribution in [-0.4, -0.2) is 70.0 Å². The molecule has 1 saturated carbocycles. The van der Waals surface area contributed by atoms with Crippen LogP contribution in [0.3, 0.4) is 0 Å². The van der Waals surface area contributed by atoms with E-state index in [1.165, 1.54) is 6.20 Å². The lowest BCUT2D eigenvalue weighted by atomic mass is 9.95. The number of anilines is 1. The van der Waals surface area contributed by atoms with Crippen molar-refractivity contribution in [3.05, 3.63) is 29.3 Å². The van der Waals surface area contributed by atoms with Gasteiger partial charge in [0.05, 0.1) is 19.7 Å². The molecule has 170 valence electrons. The number of hydrogen-bond donors (Lipinski definition) is 0. The Morgan fingerprint density at radius 2 is 2.19 bits per heavy atom. The van der Waals surface area contributed by atoms with Crippen molar-refractivity contribution in [1.29, 1.82) is 0 Å². The van der Waals surface area contributed by atoms with Crippen LogP contribution in [0.25, 0.3) is 10.9 Å². The number of alkyl halides is 2. The predicted molar refractivity (Wildman–Crippen MR) is 114 cm³/mol. The van der Waals surface area contributed by atoms with Crippen molar-refractivity contribution < 1.29 is 20.6 Å². The minimum absolute atomic E-state index is 0.00521. The Morgan fingerprint density at radius 3 is 3.06 bits per heavy atom. The number of fused-ring (bicyclic) bond motifs is 3. The molecule has 0 spiro atoms. The van der Waals surface area contributed by atoms with Crippen molar-refractivity contribution in [3.63, 3.8) is 0 Å². The van der Waals surface area contributed by atoms with Crippen LogP contribution >= 0.6 is 11.6 Å². The molecular formula is C22H23ClF3N5O. The second-order valence-corrected chi connectivity index (χ2v) is 9.36. The monoisotopic (exact) mass is 467 g/mol. The minimum Gasteiger partial charge on any atom is -0.461 e. The zero-order valence-corrected chi connectivity index (χ0v) is 17.9. The zero-order chi connectivity index (χ0) is 23.8. The topological polar surface area (TPSA) is 54.4 Å². The van der Waals surface area contributed by atoms with E-state index in [4.69, 9.17) is 19.1 Å². The number of pyridine rings is 1. The highest BCUT2D eigenvalue weighted by Crippen LogP contribution is 2.46. The summed E-state index contributed by atoms with van der Waals surface area (Å²) in [4.78, 5) is 15.9. The van der Waals surface area contributed by atoms with Crippen molar-refractivity contribution in [2.24, 2.45) is 5.92 Å². The molecule has 2 aromatic heterocycles. The van der Waals surface area contributed by atoms with E-state index in [9.17, 15) is 13.2 Å². The summed E-state index contributed by atoms with van der Waals surface area (Å²) in [6.07, 6.45) is 4.65. The largest absolute Gasteiger partial charge is 0.461 e. The van der Waals surface area contributed by atoms with Gasteiger partial charge < -0.3 is 9.64 Å². The standard InChI is InChI=1S/C22H23ClF3N5O/c23-19-16(26)17-14(9-27-19)20(31-7-2-1-4-13-15(25)18(13)31)29-21(28-17)32-11-22-5-3-6-30(22)10-12(24)8-22/h1-2,9,12-13,15,18H,3-8,10-11H2/t12-,13+,15+,18+,22+/m1/s1/i11D2. The summed E-state index contributed by atoms with van der Waals surface area (Å²) in [6.45, 7) is -1.29. The van der Waals surface area contributed by atoms with E-state index in [-0.39, 0.29) is 35.6 Å². The molecule has 0 amide bonds. The first-order chi connectivity index (χ1) is 16.2. The van der Waals surface area contributed by atoms with Crippen LogP contribution < -0.4 is 9.64 Å². The van der Waals surface area contributed by atoms with Gasteiger partial charge in [0.25, 0.3) is 0 Å². The van der Waals surface area contributed by atoms with E-state index >= 15 is 0 Å². The van der Waals surface area contributed by atoms with Crippen molar-refractivity contribution in [1.82, 2.24) is 19.9 Å². The number of ether oxygens (including phenoxy) is 1. The van der Waals surface area contributed by atoms with Crippen LogP contribution in [0.15, 0.2) is 18.3 Å². The van der Waals surface area contributed by atoms with Gasteiger partial charge in [-0.05, 0) is 25.8 Å². The summed E-state index contributed by atoms with van der Waals surface area (Å²) in [5, 5.41) is -0.167. The van der Waals surface area contributed by atoms with Gasteiger partial charge in [0.2, 0.25) is 0 Å². The van der Waals surface area contributed by atoms with E-state index < -0.39 is 47.5 Å². The number of halogens is 4. The maximum atomic E-state index is 15.0. The van der Waals surface area contributed by atoms with Gasteiger partial charge in [-0.2, -0.15) is 9.97 Å². The molecule has 3 fully saturated rings. The molecule has 0 unspecified atom stereocenters. The number of aromatic nitrogens is 3. The molecule has 2 saturated heterocycles. The molecule has 6 rings (SSSR count). The summed E-state index contributed by atoms with van der Waals surface area (Å²) < 4.78 is 67.0. The SMILES string of the molecule is [2H]C([2H])(Oc1nc(N2CC=CC[C@H]3[C@H](F)[C@H]32)c2cnc(Cl)c(F)c2n1)[C@@]12CCCN1C[C@H](F)C2. The number of hydrogen-bond acceptors (Lipinski definition) is 6. The fourth-order valence-electron chi connectivity index (χ4n) is 5.44. The maximum Gasteiger partial charge on any atom is 0.319 e. The van der Waals surface area contributed by atoms with Gasteiger partial charge in [-0.1, -0.05) is 23.8 Å². The van der Waals surface area contributed by atoms with Crippen LogP contribution in [0.2, 0.25) is 5.15 Å². The Bertz CT molecular complexity index is 1190. The maximum absolute atomic E-state index is 15.0.